The fourth-order valence-electron chi connectivity index (χ4n) is 5.08. The van der Waals surface area contributed by atoms with Crippen LogP contribution in [0.1, 0.15) is 28.7 Å². The SMILES string of the molecule is COc1cc([C@@H]2c3cc4c(cc3[C@@H](OP(=O)(O)O)[C@H]3COC(=O)[C@H]23)OCO4)cc(OC)c1OC. The summed E-state index contributed by atoms with van der Waals surface area (Å²) in [6.45, 7) is -0.0467. The van der Waals surface area contributed by atoms with Crippen LogP contribution in [-0.4, -0.2) is 50.5 Å². The standard InChI is InChI=1S/C22H23O11P/c1-27-16-4-10(5-17(28-2)21(16)29-3)18-11-6-14-15(32-9-31-14)7-12(11)20(33-34(24,25)26)13-8-30-22(23)19(13)18/h4-7,13,18-20H,8-9H2,1-3H3,(H2,24,25,26)/t13-,18+,19-,20+/m0/s1. The molecule has 4 atom stereocenters. The number of hydrogen-bond acceptors (Lipinski definition) is 9. The zero-order chi connectivity index (χ0) is 24.2. The number of rotatable bonds is 6. The second-order valence-corrected chi connectivity index (χ2v) is 9.30. The molecule has 0 unspecified atom stereocenters. The lowest BCUT2D eigenvalue weighted by Gasteiger charge is -2.38. The van der Waals surface area contributed by atoms with Crippen LogP contribution in [0.4, 0.5) is 0 Å². The summed E-state index contributed by atoms with van der Waals surface area (Å²) in [6, 6.07) is 6.84. The van der Waals surface area contributed by atoms with E-state index in [4.69, 9.17) is 32.9 Å². The molecule has 0 spiro atoms. The van der Waals surface area contributed by atoms with Crippen molar-refractivity contribution in [2.75, 3.05) is 34.7 Å². The van der Waals surface area contributed by atoms with Gasteiger partial charge in [0, 0.05) is 11.8 Å². The molecule has 0 amide bonds. The minimum atomic E-state index is -4.90. The van der Waals surface area contributed by atoms with E-state index in [1.165, 1.54) is 21.3 Å². The van der Waals surface area contributed by atoms with Gasteiger partial charge in [0.25, 0.3) is 0 Å². The first-order chi connectivity index (χ1) is 16.3. The number of benzene rings is 2. The summed E-state index contributed by atoms with van der Waals surface area (Å²) in [6.07, 6.45) is -1.10. The van der Waals surface area contributed by atoms with Gasteiger partial charge in [0.15, 0.2) is 23.0 Å². The molecule has 2 aromatic carbocycles. The molecule has 2 aliphatic heterocycles. The molecule has 3 aliphatic rings. The Morgan fingerprint density at radius 3 is 2.09 bits per heavy atom. The van der Waals surface area contributed by atoms with Crippen LogP contribution in [0.2, 0.25) is 0 Å². The maximum Gasteiger partial charge on any atom is 0.470 e. The van der Waals surface area contributed by atoms with Crippen LogP contribution in [-0.2, 0) is 18.6 Å². The molecule has 0 saturated carbocycles. The quantitative estimate of drug-likeness (QED) is 0.452. The van der Waals surface area contributed by atoms with E-state index in [2.05, 4.69) is 0 Å². The molecule has 34 heavy (non-hydrogen) atoms. The lowest BCUT2D eigenvalue weighted by Crippen LogP contribution is -2.35. The van der Waals surface area contributed by atoms with E-state index < -0.39 is 37.6 Å². The van der Waals surface area contributed by atoms with Gasteiger partial charge in [-0.25, -0.2) is 4.57 Å². The van der Waals surface area contributed by atoms with Crippen molar-refractivity contribution in [2.24, 2.45) is 11.8 Å². The summed E-state index contributed by atoms with van der Waals surface area (Å²) in [5.74, 6) is -0.443. The highest BCUT2D eigenvalue weighted by Crippen LogP contribution is 2.59. The van der Waals surface area contributed by atoms with Gasteiger partial charge in [-0.1, -0.05) is 0 Å². The molecule has 11 nitrogen and oxygen atoms in total. The molecule has 2 N–H and O–H groups in total. The van der Waals surface area contributed by atoms with Gasteiger partial charge in [-0.3, -0.25) is 9.32 Å². The van der Waals surface area contributed by atoms with Gasteiger partial charge >= 0.3 is 13.8 Å². The number of phosphoric ester groups is 1. The zero-order valence-electron chi connectivity index (χ0n) is 18.5. The lowest BCUT2D eigenvalue weighted by molar-refractivity contribution is -0.141. The van der Waals surface area contributed by atoms with Crippen molar-refractivity contribution in [1.82, 2.24) is 0 Å². The van der Waals surface area contributed by atoms with Gasteiger partial charge in [-0.2, -0.15) is 0 Å². The van der Waals surface area contributed by atoms with Crippen LogP contribution in [0.15, 0.2) is 24.3 Å². The number of hydrogen-bond donors (Lipinski definition) is 2. The summed E-state index contributed by atoms with van der Waals surface area (Å²) in [5, 5.41) is 0. The maximum atomic E-state index is 13.0. The number of carbonyl (C=O) groups excluding carboxylic acids is 1. The van der Waals surface area contributed by atoms with E-state index in [0.29, 0.717) is 45.4 Å². The van der Waals surface area contributed by atoms with Crippen molar-refractivity contribution in [3.8, 4) is 28.7 Å². The van der Waals surface area contributed by atoms with Crippen LogP contribution in [0, 0.1) is 11.8 Å². The number of carbonyl (C=O) groups is 1. The number of fused-ring (bicyclic) bond motifs is 3. The first-order valence-corrected chi connectivity index (χ1v) is 11.9. The average molecular weight is 494 g/mol. The molecule has 5 rings (SSSR count). The molecule has 0 aromatic heterocycles. The molecular weight excluding hydrogens is 471 g/mol. The molecule has 0 radical (unpaired) electrons. The van der Waals surface area contributed by atoms with E-state index in [0.717, 1.165) is 0 Å². The summed E-state index contributed by atoms with van der Waals surface area (Å²) in [5.41, 5.74) is 1.74. The van der Waals surface area contributed by atoms with Crippen molar-refractivity contribution in [3.63, 3.8) is 0 Å². The Kier molecular flexibility index (Phi) is 5.60. The predicted octanol–water partition coefficient (Wildman–Crippen LogP) is 2.53. The molecular formula is C22H23O11P. The summed E-state index contributed by atoms with van der Waals surface area (Å²) in [4.78, 5) is 32.2. The molecule has 1 saturated heterocycles. The number of cyclic esters (lactones) is 1. The molecule has 2 heterocycles. The number of ether oxygens (including phenoxy) is 6. The van der Waals surface area contributed by atoms with E-state index in [1.54, 1.807) is 24.3 Å². The normalized spacial score (nSPS) is 24.8. The Balaban J connectivity index is 1.75. The fourth-order valence-corrected chi connectivity index (χ4v) is 5.64. The highest BCUT2D eigenvalue weighted by molar-refractivity contribution is 7.46. The highest BCUT2D eigenvalue weighted by atomic mass is 31.2. The Labute approximate surface area is 194 Å². The molecule has 12 heteroatoms. The number of methoxy groups -OCH3 is 3. The second kappa shape index (κ2) is 8.35. The monoisotopic (exact) mass is 494 g/mol. The third-order valence-corrected chi connectivity index (χ3v) is 6.92. The largest absolute Gasteiger partial charge is 0.493 e. The van der Waals surface area contributed by atoms with E-state index >= 15 is 0 Å². The molecule has 1 fully saturated rings. The van der Waals surface area contributed by atoms with Crippen LogP contribution < -0.4 is 23.7 Å². The van der Waals surface area contributed by atoms with Crippen molar-refractivity contribution < 1.29 is 52.1 Å². The van der Waals surface area contributed by atoms with Gasteiger partial charge in [-0.05, 0) is 41.0 Å². The van der Waals surface area contributed by atoms with Crippen molar-refractivity contribution in [2.45, 2.75) is 12.0 Å². The van der Waals surface area contributed by atoms with Crippen molar-refractivity contribution in [1.29, 1.82) is 0 Å². The number of esters is 1. The average Bonchev–Trinajstić information content (AvgIpc) is 3.42. The minimum Gasteiger partial charge on any atom is -0.493 e. The zero-order valence-corrected chi connectivity index (χ0v) is 19.4. The first kappa shape index (κ1) is 22.8. The second-order valence-electron chi connectivity index (χ2n) is 8.11. The Bertz CT molecular complexity index is 1160. The Morgan fingerprint density at radius 1 is 0.912 bits per heavy atom. The Hall–Kier alpha value is -2.98. The third kappa shape index (κ3) is 3.65. The molecule has 2 aromatic rings. The minimum absolute atomic E-state index is 0.00594. The molecule has 182 valence electrons. The predicted molar refractivity (Wildman–Crippen MR) is 114 cm³/mol. The summed E-state index contributed by atoms with van der Waals surface area (Å²) < 4.78 is 49.9. The van der Waals surface area contributed by atoms with Crippen molar-refractivity contribution >= 4 is 13.8 Å². The van der Waals surface area contributed by atoms with Crippen LogP contribution >= 0.6 is 7.82 Å². The topological polar surface area (TPSA) is 139 Å². The number of phosphoric acid groups is 1. The Morgan fingerprint density at radius 2 is 1.53 bits per heavy atom. The smallest absolute Gasteiger partial charge is 0.470 e. The van der Waals surface area contributed by atoms with E-state index in [9.17, 15) is 19.1 Å². The summed E-state index contributed by atoms with van der Waals surface area (Å²) in [7, 11) is -0.430. The molecule has 1 aliphatic carbocycles. The summed E-state index contributed by atoms with van der Waals surface area (Å²) >= 11 is 0. The lowest BCUT2D eigenvalue weighted by atomic mass is 9.66. The van der Waals surface area contributed by atoms with E-state index in [-0.39, 0.29) is 13.4 Å². The van der Waals surface area contributed by atoms with Gasteiger partial charge < -0.3 is 38.2 Å². The van der Waals surface area contributed by atoms with Gasteiger partial charge in [0.1, 0.15) is 6.10 Å². The molecule has 0 bridgehead atoms. The van der Waals surface area contributed by atoms with Gasteiger partial charge in [0.05, 0.1) is 33.9 Å². The highest BCUT2D eigenvalue weighted by Gasteiger charge is 2.54. The van der Waals surface area contributed by atoms with Gasteiger partial charge in [0.2, 0.25) is 12.5 Å². The first-order valence-electron chi connectivity index (χ1n) is 10.4. The van der Waals surface area contributed by atoms with Crippen LogP contribution in [0.3, 0.4) is 0 Å². The van der Waals surface area contributed by atoms with E-state index in [1.807, 2.05) is 0 Å². The third-order valence-electron chi connectivity index (χ3n) is 6.42. The maximum absolute atomic E-state index is 13.0. The van der Waals surface area contributed by atoms with Gasteiger partial charge in [-0.15, -0.1) is 0 Å². The van der Waals surface area contributed by atoms with Crippen LogP contribution in [0.25, 0.3) is 0 Å². The van der Waals surface area contributed by atoms with Crippen LogP contribution in [0.5, 0.6) is 28.7 Å². The fraction of sp³-hybridized carbons (Fsp3) is 0.409. The van der Waals surface area contributed by atoms with Crippen molar-refractivity contribution in [3.05, 3.63) is 41.0 Å².